The molecule has 1 amide bonds. The lowest BCUT2D eigenvalue weighted by Crippen LogP contribution is -2.31. The molecule has 1 aliphatic rings. The average molecular weight is 261 g/mol. The summed E-state index contributed by atoms with van der Waals surface area (Å²) in [5, 5.41) is 2.81. The highest BCUT2D eigenvalue weighted by Crippen LogP contribution is 2.37. The summed E-state index contributed by atoms with van der Waals surface area (Å²) >= 11 is 0. The molecule has 4 nitrogen and oxygen atoms in total. The van der Waals surface area contributed by atoms with Gasteiger partial charge in [0.15, 0.2) is 0 Å². The van der Waals surface area contributed by atoms with Crippen molar-refractivity contribution in [2.24, 2.45) is 5.92 Å². The molecule has 0 saturated heterocycles. The fraction of sp³-hybridized carbons (Fsp3) is 0.533. The molecule has 1 aromatic carbocycles. The van der Waals surface area contributed by atoms with Crippen molar-refractivity contribution in [3.8, 4) is 0 Å². The van der Waals surface area contributed by atoms with Crippen LogP contribution in [0.15, 0.2) is 18.2 Å². The summed E-state index contributed by atoms with van der Waals surface area (Å²) in [6, 6.07) is 5.95. The third-order valence-corrected chi connectivity index (χ3v) is 3.93. The number of hydrogen-bond donors (Lipinski definition) is 2. The molecule has 19 heavy (non-hydrogen) atoms. The van der Waals surface area contributed by atoms with Gasteiger partial charge < -0.3 is 16.0 Å². The third kappa shape index (κ3) is 3.00. The van der Waals surface area contributed by atoms with Crippen LogP contribution in [0, 0.1) is 5.92 Å². The van der Waals surface area contributed by atoms with Gasteiger partial charge >= 0.3 is 0 Å². The van der Waals surface area contributed by atoms with Crippen LogP contribution in [0.3, 0.4) is 0 Å². The highest BCUT2D eigenvalue weighted by atomic mass is 16.1. The largest absolute Gasteiger partial charge is 0.397 e. The van der Waals surface area contributed by atoms with Crippen LogP contribution in [0.1, 0.15) is 37.0 Å². The van der Waals surface area contributed by atoms with E-state index in [-0.39, 0.29) is 5.91 Å². The number of rotatable bonds is 5. The molecule has 0 aromatic heterocycles. The van der Waals surface area contributed by atoms with Crippen molar-refractivity contribution in [2.75, 3.05) is 24.2 Å². The highest BCUT2D eigenvalue weighted by Gasteiger charge is 2.31. The molecule has 1 saturated carbocycles. The molecule has 0 aliphatic heterocycles. The zero-order valence-electron chi connectivity index (χ0n) is 11.9. The first kappa shape index (κ1) is 13.7. The Balaban J connectivity index is 2.23. The second-order valence-corrected chi connectivity index (χ2v) is 5.32. The maximum atomic E-state index is 11.9. The molecule has 104 valence electrons. The van der Waals surface area contributed by atoms with Crippen LogP contribution < -0.4 is 16.0 Å². The Morgan fingerprint density at radius 3 is 2.79 bits per heavy atom. The molecule has 1 atom stereocenters. The summed E-state index contributed by atoms with van der Waals surface area (Å²) in [5.74, 6) is 0.716. The van der Waals surface area contributed by atoms with E-state index in [4.69, 9.17) is 5.73 Å². The Morgan fingerprint density at radius 1 is 1.53 bits per heavy atom. The van der Waals surface area contributed by atoms with E-state index in [1.54, 1.807) is 6.07 Å². The minimum absolute atomic E-state index is 0.0452. The summed E-state index contributed by atoms with van der Waals surface area (Å²) in [5.41, 5.74) is 8.39. The van der Waals surface area contributed by atoms with Crippen LogP contribution in [-0.4, -0.2) is 25.5 Å². The van der Waals surface area contributed by atoms with E-state index in [1.807, 2.05) is 19.1 Å². The van der Waals surface area contributed by atoms with Crippen molar-refractivity contribution in [3.05, 3.63) is 23.8 Å². The Morgan fingerprint density at radius 2 is 2.21 bits per heavy atom. The second-order valence-electron chi connectivity index (χ2n) is 5.32. The van der Waals surface area contributed by atoms with Gasteiger partial charge in [-0.15, -0.1) is 0 Å². The van der Waals surface area contributed by atoms with Gasteiger partial charge in [-0.1, -0.05) is 0 Å². The minimum Gasteiger partial charge on any atom is -0.397 e. The lowest BCUT2D eigenvalue weighted by Gasteiger charge is -2.28. The average Bonchev–Trinajstić information content (AvgIpc) is 3.22. The molecule has 0 heterocycles. The van der Waals surface area contributed by atoms with E-state index in [1.165, 1.54) is 12.8 Å². The third-order valence-electron chi connectivity index (χ3n) is 3.93. The van der Waals surface area contributed by atoms with Crippen molar-refractivity contribution in [3.63, 3.8) is 0 Å². The zero-order valence-corrected chi connectivity index (χ0v) is 11.9. The molecule has 1 unspecified atom stereocenters. The smallest absolute Gasteiger partial charge is 0.251 e. The van der Waals surface area contributed by atoms with Crippen LogP contribution in [0.5, 0.6) is 0 Å². The standard InChI is InChI=1S/C15H23N3O/c1-4-17-15(19)12-7-8-13(16)14(9-12)18(3)10(2)11-5-6-11/h7-11H,4-6,16H2,1-3H3,(H,17,19). The fourth-order valence-electron chi connectivity index (χ4n) is 2.37. The van der Waals surface area contributed by atoms with Crippen molar-refractivity contribution >= 4 is 17.3 Å². The fourth-order valence-corrected chi connectivity index (χ4v) is 2.37. The van der Waals surface area contributed by atoms with Gasteiger partial charge in [0.25, 0.3) is 5.91 Å². The van der Waals surface area contributed by atoms with E-state index < -0.39 is 0 Å². The van der Waals surface area contributed by atoms with Gasteiger partial charge in [-0.25, -0.2) is 0 Å². The maximum Gasteiger partial charge on any atom is 0.251 e. The van der Waals surface area contributed by atoms with Crippen LogP contribution in [0.25, 0.3) is 0 Å². The van der Waals surface area contributed by atoms with Gasteiger partial charge in [0.1, 0.15) is 0 Å². The molecular weight excluding hydrogens is 238 g/mol. The number of carbonyl (C=O) groups is 1. The monoisotopic (exact) mass is 261 g/mol. The topological polar surface area (TPSA) is 58.4 Å². The summed E-state index contributed by atoms with van der Waals surface area (Å²) in [7, 11) is 2.05. The summed E-state index contributed by atoms with van der Waals surface area (Å²) in [4.78, 5) is 14.1. The second kappa shape index (κ2) is 5.51. The number of anilines is 2. The quantitative estimate of drug-likeness (QED) is 0.799. The molecule has 1 aromatic rings. The number of nitrogens with two attached hydrogens (primary N) is 1. The Kier molecular flexibility index (Phi) is 3.98. The molecule has 0 spiro atoms. The number of amides is 1. The van der Waals surface area contributed by atoms with Crippen molar-refractivity contribution in [2.45, 2.75) is 32.7 Å². The van der Waals surface area contributed by atoms with Crippen LogP contribution >= 0.6 is 0 Å². The van der Waals surface area contributed by atoms with Crippen LogP contribution in [0.4, 0.5) is 11.4 Å². The van der Waals surface area contributed by atoms with E-state index >= 15 is 0 Å². The Bertz CT molecular complexity index is 468. The number of nitrogens with one attached hydrogen (secondary N) is 1. The molecule has 0 bridgehead atoms. The number of benzene rings is 1. The molecular formula is C15H23N3O. The van der Waals surface area contributed by atoms with E-state index in [0.717, 1.165) is 17.3 Å². The van der Waals surface area contributed by atoms with Crippen LogP contribution in [-0.2, 0) is 0 Å². The SMILES string of the molecule is CCNC(=O)c1ccc(N)c(N(C)C(C)C2CC2)c1. The predicted octanol–water partition coefficient (Wildman–Crippen LogP) is 2.25. The summed E-state index contributed by atoms with van der Waals surface area (Å²) in [6.07, 6.45) is 2.59. The molecule has 3 N–H and O–H groups in total. The van der Waals surface area contributed by atoms with Gasteiger partial charge in [-0.2, -0.15) is 0 Å². The first-order valence-electron chi connectivity index (χ1n) is 6.95. The number of carbonyl (C=O) groups excluding carboxylic acids is 1. The maximum absolute atomic E-state index is 11.9. The molecule has 1 aliphatic carbocycles. The Labute approximate surface area is 115 Å². The predicted molar refractivity (Wildman–Crippen MR) is 79.5 cm³/mol. The van der Waals surface area contributed by atoms with Gasteiger partial charge in [0.2, 0.25) is 0 Å². The van der Waals surface area contributed by atoms with Gasteiger partial charge in [-0.3, -0.25) is 4.79 Å². The molecule has 2 rings (SSSR count). The summed E-state index contributed by atoms with van der Waals surface area (Å²) in [6.45, 7) is 4.76. The summed E-state index contributed by atoms with van der Waals surface area (Å²) < 4.78 is 0. The van der Waals surface area contributed by atoms with Gasteiger partial charge in [0, 0.05) is 25.2 Å². The van der Waals surface area contributed by atoms with E-state index in [9.17, 15) is 4.79 Å². The van der Waals surface area contributed by atoms with Gasteiger partial charge in [0.05, 0.1) is 11.4 Å². The molecule has 0 radical (unpaired) electrons. The lowest BCUT2D eigenvalue weighted by atomic mass is 10.1. The van der Waals surface area contributed by atoms with Gasteiger partial charge in [-0.05, 0) is 50.8 Å². The highest BCUT2D eigenvalue weighted by molar-refractivity contribution is 5.96. The lowest BCUT2D eigenvalue weighted by molar-refractivity contribution is 0.0956. The number of nitrogens with zero attached hydrogens (tertiary/aromatic N) is 1. The normalized spacial score (nSPS) is 15.9. The minimum atomic E-state index is -0.0452. The Hall–Kier alpha value is -1.71. The van der Waals surface area contributed by atoms with Crippen molar-refractivity contribution in [1.82, 2.24) is 5.32 Å². The molecule has 4 heteroatoms. The van der Waals surface area contributed by atoms with E-state index in [2.05, 4.69) is 24.2 Å². The van der Waals surface area contributed by atoms with Crippen molar-refractivity contribution in [1.29, 1.82) is 0 Å². The zero-order chi connectivity index (χ0) is 14.0. The first-order valence-corrected chi connectivity index (χ1v) is 6.95. The number of nitrogen functional groups attached to an aromatic ring is 1. The number of hydrogen-bond acceptors (Lipinski definition) is 3. The first-order chi connectivity index (χ1) is 9.04. The van der Waals surface area contributed by atoms with Crippen LogP contribution in [0.2, 0.25) is 0 Å². The van der Waals surface area contributed by atoms with E-state index in [0.29, 0.717) is 18.2 Å². The molecule has 1 fully saturated rings. The van der Waals surface area contributed by atoms with Crippen molar-refractivity contribution < 1.29 is 4.79 Å².